The molecule has 0 bridgehead atoms. The summed E-state index contributed by atoms with van der Waals surface area (Å²) in [6.45, 7) is 1.40. The van der Waals surface area contributed by atoms with Crippen molar-refractivity contribution < 1.29 is 4.79 Å². The summed E-state index contributed by atoms with van der Waals surface area (Å²) in [6.07, 6.45) is 6.67. The van der Waals surface area contributed by atoms with Gasteiger partial charge in [0.15, 0.2) is 0 Å². The number of nitrogens with one attached hydrogen (secondary N) is 1. The van der Waals surface area contributed by atoms with E-state index in [1.54, 1.807) is 6.20 Å². The Morgan fingerprint density at radius 2 is 1.85 bits per heavy atom. The normalized spacial score (nSPS) is 13.0. The van der Waals surface area contributed by atoms with Crippen LogP contribution < -0.4 is 10.2 Å². The van der Waals surface area contributed by atoms with E-state index in [4.69, 9.17) is 0 Å². The minimum absolute atomic E-state index is 0.00275. The van der Waals surface area contributed by atoms with Gasteiger partial charge in [-0.25, -0.2) is 4.98 Å². The molecule has 1 amide bonds. The number of pyridine rings is 1. The van der Waals surface area contributed by atoms with Crippen molar-refractivity contribution in [3.05, 3.63) is 95.7 Å². The van der Waals surface area contributed by atoms with Crippen LogP contribution in [0.1, 0.15) is 21.5 Å². The third-order valence-electron chi connectivity index (χ3n) is 4.65. The van der Waals surface area contributed by atoms with E-state index in [-0.39, 0.29) is 5.91 Å². The van der Waals surface area contributed by atoms with Crippen LogP contribution >= 0.6 is 0 Å². The number of hydrogen-bond acceptors (Lipinski definition) is 3. The van der Waals surface area contributed by atoms with Crippen LogP contribution in [-0.4, -0.2) is 24.0 Å². The first-order chi connectivity index (χ1) is 13.3. The molecule has 1 aromatic heterocycles. The molecule has 0 aliphatic carbocycles. The zero-order chi connectivity index (χ0) is 18.5. The quantitative estimate of drug-likeness (QED) is 0.737. The van der Waals surface area contributed by atoms with E-state index in [1.165, 1.54) is 11.1 Å². The molecule has 4 heteroatoms. The fourth-order valence-electron chi connectivity index (χ4n) is 3.25. The fourth-order valence-corrected chi connectivity index (χ4v) is 3.25. The van der Waals surface area contributed by atoms with Crippen LogP contribution in [0.15, 0.2) is 79.0 Å². The molecular formula is C23H21N3O. The fraction of sp³-hybridized carbons (Fsp3) is 0.130. The van der Waals surface area contributed by atoms with Crippen LogP contribution in [0.4, 0.5) is 11.5 Å². The molecule has 4 rings (SSSR count). The molecule has 0 spiro atoms. The molecule has 1 aliphatic rings. The van der Waals surface area contributed by atoms with Gasteiger partial charge in [0, 0.05) is 25.0 Å². The zero-order valence-corrected chi connectivity index (χ0v) is 15.0. The molecule has 0 unspecified atom stereocenters. The highest BCUT2D eigenvalue weighted by molar-refractivity contribution is 6.07. The summed E-state index contributed by atoms with van der Waals surface area (Å²) in [5.41, 5.74) is 4.01. The Kier molecular flexibility index (Phi) is 4.97. The van der Waals surface area contributed by atoms with Gasteiger partial charge >= 0.3 is 0 Å². The number of aromatic nitrogens is 1. The SMILES string of the molecule is O=C(c1ccc(NC/C=C/c2ccccc2)nc1)N1CCc2ccccc21. The lowest BCUT2D eigenvalue weighted by Crippen LogP contribution is -2.28. The lowest BCUT2D eigenvalue weighted by atomic mass is 10.2. The van der Waals surface area contributed by atoms with E-state index in [0.29, 0.717) is 12.1 Å². The van der Waals surface area contributed by atoms with E-state index < -0.39 is 0 Å². The van der Waals surface area contributed by atoms with Gasteiger partial charge < -0.3 is 10.2 Å². The summed E-state index contributed by atoms with van der Waals surface area (Å²) >= 11 is 0. The number of carbonyl (C=O) groups excluding carboxylic acids is 1. The number of benzene rings is 2. The Hall–Kier alpha value is -3.40. The Labute approximate surface area is 159 Å². The molecule has 0 saturated heterocycles. The van der Waals surface area contributed by atoms with Gasteiger partial charge in [-0.3, -0.25) is 4.79 Å². The van der Waals surface area contributed by atoms with Crippen molar-refractivity contribution in [2.24, 2.45) is 0 Å². The summed E-state index contributed by atoms with van der Waals surface area (Å²) in [5, 5.41) is 3.24. The van der Waals surface area contributed by atoms with Crippen LogP contribution in [-0.2, 0) is 6.42 Å². The highest BCUT2D eigenvalue weighted by Crippen LogP contribution is 2.28. The van der Waals surface area contributed by atoms with E-state index in [1.807, 2.05) is 53.4 Å². The predicted molar refractivity (Wildman–Crippen MR) is 110 cm³/mol. The van der Waals surface area contributed by atoms with Gasteiger partial charge in [0.25, 0.3) is 5.91 Å². The molecule has 1 N–H and O–H groups in total. The molecule has 0 saturated carbocycles. The first-order valence-corrected chi connectivity index (χ1v) is 9.12. The number of anilines is 2. The second-order valence-electron chi connectivity index (χ2n) is 6.46. The predicted octanol–water partition coefficient (Wildman–Crippen LogP) is 4.41. The molecule has 0 radical (unpaired) electrons. The molecule has 0 fully saturated rings. The lowest BCUT2D eigenvalue weighted by molar-refractivity contribution is 0.0989. The third kappa shape index (κ3) is 3.90. The van der Waals surface area contributed by atoms with Crippen molar-refractivity contribution in [1.29, 1.82) is 0 Å². The van der Waals surface area contributed by atoms with Gasteiger partial charge in [-0.05, 0) is 35.7 Å². The van der Waals surface area contributed by atoms with E-state index in [2.05, 4.69) is 40.7 Å². The maximum atomic E-state index is 12.8. The first kappa shape index (κ1) is 17.0. The first-order valence-electron chi connectivity index (χ1n) is 9.12. The number of amides is 1. The Bertz CT molecular complexity index is 949. The Morgan fingerprint density at radius 3 is 2.67 bits per heavy atom. The second kappa shape index (κ2) is 7.87. The lowest BCUT2D eigenvalue weighted by Gasteiger charge is -2.17. The number of hydrogen-bond donors (Lipinski definition) is 1. The van der Waals surface area contributed by atoms with Gasteiger partial charge in [-0.15, -0.1) is 0 Å². The number of nitrogens with zero attached hydrogens (tertiary/aromatic N) is 2. The topological polar surface area (TPSA) is 45.2 Å². The number of fused-ring (bicyclic) bond motifs is 1. The highest BCUT2D eigenvalue weighted by atomic mass is 16.2. The summed E-state index contributed by atoms with van der Waals surface area (Å²) in [4.78, 5) is 19.0. The van der Waals surface area contributed by atoms with Crippen molar-refractivity contribution in [2.75, 3.05) is 23.3 Å². The van der Waals surface area contributed by atoms with Crippen LogP contribution in [0.2, 0.25) is 0 Å². The largest absolute Gasteiger partial charge is 0.367 e. The molecule has 1 aliphatic heterocycles. The standard InChI is InChI=1S/C23H21N3O/c27-23(26-16-14-19-10-4-5-11-21(19)26)20-12-13-22(25-17-20)24-15-6-9-18-7-2-1-3-8-18/h1-13,17H,14-16H2,(H,24,25)/b9-6+. The molecule has 3 aromatic rings. The number of rotatable bonds is 5. The van der Waals surface area contributed by atoms with Crippen molar-refractivity contribution in [3.8, 4) is 0 Å². The third-order valence-corrected chi connectivity index (χ3v) is 4.65. The molecule has 2 heterocycles. The Morgan fingerprint density at radius 1 is 1.04 bits per heavy atom. The van der Waals surface area contributed by atoms with Crippen molar-refractivity contribution >= 4 is 23.5 Å². The zero-order valence-electron chi connectivity index (χ0n) is 15.0. The van der Waals surface area contributed by atoms with E-state index >= 15 is 0 Å². The van der Waals surface area contributed by atoms with Gasteiger partial charge in [-0.2, -0.15) is 0 Å². The van der Waals surface area contributed by atoms with E-state index in [0.717, 1.165) is 24.5 Å². The molecule has 27 heavy (non-hydrogen) atoms. The van der Waals surface area contributed by atoms with Gasteiger partial charge in [0.2, 0.25) is 0 Å². The van der Waals surface area contributed by atoms with Crippen molar-refractivity contribution in [2.45, 2.75) is 6.42 Å². The van der Waals surface area contributed by atoms with Crippen molar-refractivity contribution in [3.63, 3.8) is 0 Å². The van der Waals surface area contributed by atoms with Crippen LogP contribution in [0.25, 0.3) is 6.08 Å². The maximum Gasteiger partial charge on any atom is 0.259 e. The van der Waals surface area contributed by atoms with Gasteiger partial charge in [0.1, 0.15) is 5.82 Å². The molecule has 0 atom stereocenters. The van der Waals surface area contributed by atoms with Crippen LogP contribution in [0.3, 0.4) is 0 Å². The summed E-state index contributed by atoms with van der Waals surface area (Å²) in [5.74, 6) is 0.758. The summed E-state index contributed by atoms with van der Waals surface area (Å²) in [7, 11) is 0. The number of para-hydroxylation sites is 1. The average molecular weight is 355 g/mol. The van der Waals surface area contributed by atoms with Gasteiger partial charge in [0.05, 0.1) is 5.56 Å². The van der Waals surface area contributed by atoms with Crippen molar-refractivity contribution in [1.82, 2.24) is 4.98 Å². The smallest absolute Gasteiger partial charge is 0.259 e. The minimum Gasteiger partial charge on any atom is -0.367 e. The average Bonchev–Trinajstić information content (AvgIpc) is 3.16. The summed E-state index contributed by atoms with van der Waals surface area (Å²) in [6, 6.07) is 21.9. The van der Waals surface area contributed by atoms with E-state index in [9.17, 15) is 4.79 Å². The highest BCUT2D eigenvalue weighted by Gasteiger charge is 2.25. The minimum atomic E-state index is 0.00275. The molecule has 134 valence electrons. The maximum absolute atomic E-state index is 12.8. The molecular weight excluding hydrogens is 334 g/mol. The second-order valence-corrected chi connectivity index (χ2v) is 6.46. The Balaban J connectivity index is 1.36. The van der Waals surface area contributed by atoms with Crippen LogP contribution in [0.5, 0.6) is 0 Å². The summed E-state index contributed by atoms with van der Waals surface area (Å²) < 4.78 is 0. The monoisotopic (exact) mass is 355 g/mol. The molecule has 4 nitrogen and oxygen atoms in total. The molecule has 2 aromatic carbocycles. The van der Waals surface area contributed by atoms with Crippen LogP contribution in [0, 0.1) is 0 Å². The van der Waals surface area contributed by atoms with Gasteiger partial charge in [-0.1, -0.05) is 60.7 Å². The number of carbonyl (C=O) groups is 1.